The molecule has 2 aromatic rings. The predicted octanol–water partition coefficient (Wildman–Crippen LogP) is 6.99. The van der Waals surface area contributed by atoms with Gasteiger partial charge in [0.05, 0.1) is 0 Å². The number of hydrogen-bond acceptors (Lipinski definition) is 4. The molecular weight excluding hydrogens is 452 g/mol. The van der Waals surface area contributed by atoms with Gasteiger partial charge in [0.2, 0.25) is 0 Å². The van der Waals surface area contributed by atoms with Crippen LogP contribution < -0.4 is 0 Å². The summed E-state index contributed by atoms with van der Waals surface area (Å²) in [6.45, 7) is 1.38. The summed E-state index contributed by atoms with van der Waals surface area (Å²) >= 11 is 0. The van der Waals surface area contributed by atoms with E-state index in [1.54, 1.807) is 9.13 Å². The molecule has 0 aliphatic heterocycles. The molecule has 4 bridgehead atoms. The van der Waals surface area contributed by atoms with Gasteiger partial charge in [0.1, 0.15) is 0 Å². The zero-order chi connectivity index (χ0) is 24.8. The molecule has 0 fully saturated rings. The molecule has 0 amide bonds. The van der Waals surface area contributed by atoms with E-state index in [2.05, 4.69) is 24.3 Å². The Hall–Kier alpha value is -2.76. The van der Waals surface area contributed by atoms with E-state index < -0.39 is 0 Å². The summed E-state index contributed by atoms with van der Waals surface area (Å²) in [5, 5.41) is 42.4. The van der Waals surface area contributed by atoms with Gasteiger partial charge in [-0.15, -0.1) is 0 Å². The number of fused-ring (bicyclic) bond motifs is 10. The molecule has 194 valence electrons. The maximum atomic E-state index is 10.6. The fourth-order valence-electron chi connectivity index (χ4n) is 7.36. The quantitative estimate of drug-likeness (QED) is 0.179. The normalized spacial score (nSPS) is 24.3. The lowest BCUT2D eigenvalue weighted by Gasteiger charge is -2.10. The third-order valence-electron chi connectivity index (χ3n) is 9.23. The molecular formula is C30H40N2O4. The van der Waals surface area contributed by atoms with Crippen LogP contribution in [-0.4, -0.2) is 29.6 Å². The first-order valence-corrected chi connectivity index (χ1v) is 14.2. The molecule has 0 saturated carbocycles. The van der Waals surface area contributed by atoms with Crippen LogP contribution in [0.2, 0.25) is 0 Å². The van der Waals surface area contributed by atoms with Crippen LogP contribution in [0, 0.1) is 0 Å². The first-order chi connectivity index (χ1) is 17.6. The van der Waals surface area contributed by atoms with E-state index in [0.717, 1.165) is 60.8 Å². The molecule has 6 nitrogen and oxygen atoms in total. The van der Waals surface area contributed by atoms with Crippen molar-refractivity contribution in [2.45, 2.75) is 114 Å². The third-order valence-corrected chi connectivity index (χ3v) is 9.23. The van der Waals surface area contributed by atoms with Crippen LogP contribution in [0.5, 0.6) is 23.5 Å². The van der Waals surface area contributed by atoms with Crippen LogP contribution >= 0.6 is 0 Å². The first kappa shape index (κ1) is 23.6. The molecule has 2 heterocycles. The molecule has 4 atom stereocenters. The molecule has 4 N–H and O–H groups in total. The second kappa shape index (κ2) is 9.60. The fraction of sp³-hybridized carbons (Fsp3) is 0.600. The second-order valence-corrected chi connectivity index (χ2v) is 11.5. The Kier molecular flexibility index (Phi) is 6.30. The Bertz CT molecular complexity index is 1020. The van der Waals surface area contributed by atoms with Gasteiger partial charge >= 0.3 is 0 Å². The molecule has 36 heavy (non-hydrogen) atoms. The van der Waals surface area contributed by atoms with Gasteiger partial charge in [-0.3, -0.25) is 9.13 Å². The number of rotatable bonds is 13. The predicted molar refractivity (Wildman–Crippen MR) is 140 cm³/mol. The highest BCUT2D eigenvalue weighted by Crippen LogP contribution is 2.57. The van der Waals surface area contributed by atoms with Crippen LogP contribution in [0.3, 0.4) is 0 Å². The van der Waals surface area contributed by atoms with E-state index in [4.69, 9.17) is 0 Å². The number of nitrogens with zero attached hydrogens (tertiary/aromatic N) is 2. The maximum Gasteiger partial charge on any atom is 0.198 e. The Morgan fingerprint density at radius 2 is 0.694 bits per heavy atom. The highest BCUT2D eigenvalue weighted by molar-refractivity contribution is 5.59. The van der Waals surface area contributed by atoms with Gasteiger partial charge in [0, 0.05) is 59.0 Å². The van der Waals surface area contributed by atoms with E-state index >= 15 is 0 Å². The van der Waals surface area contributed by atoms with Gasteiger partial charge < -0.3 is 20.4 Å². The largest absolute Gasteiger partial charge is 0.494 e. The molecule has 6 heteroatoms. The summed E-state index contributed by atoms with van der Waals surface area (Å²) in [6, 6.07) is 0. The lowest BCUT2D eigenvalue weighted by molar-refractivity contribution is 0.354. The zero-order valence-electron chi connectivity index (χ0n) is 21.2. The Labute approximate surface area is 213 Å². The molecule has 0 aromatic carbocycles. The number of hydrogen-bond donors (Lipinski definition) is 4. The highest BCUT2D eigenvalue weighted by Gasteiger charge is 2.41. The minimum atomic E-state index is 0.287. The van der Waals surface area contributed by atoms with Crippen molar-refractivity contribution in [3.8, 4) is 23.5 Å². The minimum absolute atomic E-state index is 0.287. The Morgan fingerprint density at radius 3 is 0.972 bits per heavy atom. The SMILES string of the molecule is Oc1c2c(c(O)n1CCCCCCCCCCCCn1c(O)c3c(c1O)C1C=CC3C1)C1C=CC2C1. The summed E-state index contributed by atoms with van der Waals surface area (Å²) in [4.78, 5) is 0. The molecule has 4 aliphatic rings. The summed E-state index contributed by atoms with van der Waals surface area (Å²) in [6.07, 6.45) is 22.3. The first-order valence-electron chi connectivity index (χ1n) is 14.2. The zero-order valence-corrected chi connectivity index (χ0v) is 21.2. The molecule has 0 radical (unpaired) electrons. The molecule has 4 unspecified atom stereocenters. The Morgan fingerprint density at radius 1 is 0.444 bits per heavy atom. The van der Waals surface area contributed by atoms with Crippen molar-refractivity contribution in [2.24, 2.45) is 0 Å². The van der Waals surface area contributed by atoms with Crippen molar-refractivity contribution < 1.29 is 20.4 Å². The number of unbranched alkanes of at least 4 members (excludes halogenated alkanes) is 9. The van der Waals surface area contributed by atoms with Crippen LogP contribution in [0.15, 0.2) is 24.3 Å². The van der Waals surface area contributed by atoms with E-state index in [9.17, 15) is 20.4 Å². The van der Waals surface area contributed by atoms with Gasteiger partial charge in [-0.25, -0.2) is 0 Å². The van der Waals surface area contributed by atoms with Gasteiger partial charge in [-0.1, -0.05) is 75.7 Å². The summed E-state index contributed by atoms with van der Waals surface area (Å²) in [5.74, 6) is 2.31. The summed E-state index contributed by atoms with van der Waals surface area (Å²) < 4.78 is 3.44. The van der Waals surface area contributed by atoms with E-state index in [1.807, 2.05) is 0 Å². The number of aromatic nitrogens is 2. The van der Waals surface area contributed by atoms with Gasteiger partial charge in [0.15, 0.2) is 23.5 Å². The average Bonchev–Trinajstić information content (AvgIpc) is 3.71. The highest BCUT2D eigenvalue weighted by atomic mass is 16.3. The van der Waals surface area contributed by atoms with Crippen LogP contribution in [-0.2, 0) is 13.1 Å². The fourth-order valence-corrected chi connectivity index (χ4v) is 7.36. The van der Waals surface area contributed by atoms with Gasteiger partial charge in [0.25, 0.3) is 0 Å². The minimum Gasteiger partial charge on any atom is -0.494 e. The molecule has 0 saturated heterocycles. The van der Waals surface area contributed by atoms with Crippen LogP contribution in [0.25, 0.3) is 0 Å². The van der Waals surface area contributed by atoms with E-state index in [1.165, 1.54) is 38.5 Å². The van der Waals surface area contributed by atoms with Crippen LogP contribution in [0.4, 0.5) is 0 Å². The second-order valence-electron chi connectivity index (χ2n) is 11.5. The van der Waals surface area contributed by atoms with Crippen molar-refractivity contribution in [3.63, 3.8) is 0 Å². The van der Waals surface area contributed by atoms with Crippen molar-refractivity contribution >= 4 is 0 Å². The van der Waals surface area contributed by atoms with Gasteiger partial charge in [-0.2, -0.15) is 0 Å². The monoisotopic (exact) mass is 492 g/mol. The topological polar surface area (TPSA) is 90.8 Å². The molecule has 6 rings (SSSR count). The number of aromatic hydroxyl groups is 4. The van der Waals surface area contributed by atoms with Crippen molar-refractivity contribution in [2.75, 3.05) is 0 Å². The molecule has 4 aliphatic carbocycles. The lowest BCUT2D eigenvalue weighted by atomic mass is 10.0. The third kappa shape index (κ3) is 3.84. The molecule has 0 spiro atoms. The van der Waals surface area contributed by atoms with E-state index in [-0.39, 0.29) is 23.5 Å². The molecule has 2 aromatic heterocycles. The average molecular weight is 493 g/mol. The van der Waals surface area contributed by atoms with Crippen molar-refractivity contribution in [1.82, 2.24) is 9.13 Å². The van der Waals surface area contributed by atoms with Crippen molar-refractivity contribution in [1.29, 1.82) is 0 Å². The Balaban J connectivity index is 0.821. The summed E-state index contributed by atoms with van der Waals surface area (Å²) in [5.41, 5.74) is 3.87. The van der Waals surface area contributed by atoms with E-state index in [0.29, 0.717) is 36.8 Å². The summed E-state index contributed by atoms with van der Waals surface area (Å²) in [7, 11) is 0. The van der Waals surface area contributed by atoms with Crippen LogP contribution in [0.1, 0.15) is 123 Å². The van der Waals surface area contributed by atoms with Gasteiger partial charge in [-0.05, 0) is 25.7 Å². The standard InChI is InChI=1S/C30H40N2O4/c33-27-23-19-11-12-20(17-19)24(23)28(34)31(27)15-9-7-5-3-1-2-4-6-8-10-16-32-29(35)25-21-13-14-22(18-21)26(25)30(32)36/h11-14,19-22,33-36H,1-10,15-18H2. The lowest BCUT2D eigenvalue weighted by Crippen LogP contribution is -1.99. The van der Waals surface area contributed by atoms with Crippen molar-refractivity contribution in [3.05, 3.63) is 46.6 Å². The smallest absolute Gasteiger partial charge is 0.198 e. The number of allylic oxidation sites excluding steroid dienone is 4. The maximum absolute atomic E-state index is 10.6.